The van der Waals surface area contributed by atoms with Crippen LogP contribution in [0.4, 0.5) is 13.2 Å². The molecule has 0 fully saturated rings. The molecule has 0 aliphatic rings. The summed E-state index contributed by atoms with van der Waals surface area (Å²) in [6.45, 7) is 0.139. The summed E-state index contributed by atoms with van der Waals surface area (Å²) in [6.07, 6.45) is -6.38. The van der Waals surface area contributed by atoms with Gasteiger partial charge in [-0.05, 0) is 6.92 Å². The Labute approximate surface area is 67.4 Å². The Morgan fingerprint density at radius 1 is 1.50 bits per heavy atom. The van der Waals surface area contributed by atoms with E-state index in [0.29, 0.717) is 0 Å². The van der Waals surface area contributed by atoms with E-state index in [0.717, 1.165) is 14.0 Å². The standard InChI is InChI=1S/C6H9F3O3/c1-4(6(7,8)9)12-3-5(10)11-2/h4H,3H2,1-2H3. The molecule has 0 aromatic carbocycles. The third-order valence-electron chi connectivity index (χ3n) is 1.14. The van der Waals surface area contributed by atoms with Crippen LogP contribution in [0, 0.1) is 0 Å². The smallest absolute Gasteiger partial charge is 0.414 e. The van der Waals surface area contributed by atoms with Crippen LogP contribution in [0.3, 0.4) is 0 Å². The van der Waals surface area contributed by atoms with Crippen molar-refractivity contribution in [2.45, 2.75) is 19.2 Å². The van der Waals surface area contributed by atoms with Crippen LogP contribution in [0.5, 0.6) is 0 Å². The normalized spacial score (nSPS) is 14.1. The fourth-order valence-corrected chi connectivity index (χ4v) is 0.346. The number of alkyl halides is 3. The summed E-state index contributed by atoms with van der Waals surface area (Å²) < 4.78 is 43.4. The molecule has 1 unspecified atom stereocenters. The molecule has 0 aromatic heterocycles. The molecule has 0 saturated heterocycles. The van der Waals surface area contributed by atoms with Crippen molar-refractivity contribution in [2.75, 3.05) is 13.7 Å². The molecule has 0 rings (SSSR count). The second kappa shape index (κ2) is 4.30. The number of rotatable bonds is 3. The number of ether oxygens (including phenoxy) is 2. The molecule has 0 bridgehead atoms. The van der Waals surface area contributed by atoms with Gasteiger partial charge in [-0.3, -0.25) is 0 Å². The van der Waals surface area contributed by atoms with E-state index in [9.17, 15) is 18.0 Å². The average Bonchev–Trinajstić information content (AvgIpc) is 1.97. The number of hydrogen-bond acceptors (Lipinski definition) is 3. The number of methoxy groups -OCH3 is 1. The lowest BCUT2D eigenvalue weighted by Crippen LogP contribution is -2.30. The summed E-state index contributed by atoms with van der Waals surface area (Å²) in [5.41, 5.74) is 0. The lowest BCUT2D eigenvalue weighted by atomic mass is 10.4. The second-order valence-corrected chi connectivity index (χ2v) is 2.07. The van der Waals surface area contributed by atoms with E-state index in [2.05, 4.69) is 9.47 Å². The highest BCUT2D eigenvalue weighted by Gasteiger charge is 2.37. The van der Waals surface area contributed by atoms with Gasteiger partial charge in [0.05, 0.1) is 7.11 Å². The topological polar surface area (TPSA) is 35.5 Å². The third-order valence-corrected chi connectivity index (χ3v) is 1.14. The highest BCUT2D eigenvalue weighted by Crippen LogP contribution is 2.21. The zero-order valence-corrected chi connectivity index (χ0v) is 6.64. The first-order valence-electron chi connectivity index (χ1n) is 3.13. The first kappa shape index (κ1) is 11.2. The van der Waals surface area contributed by atoms with Crippen molar-refractivity contribution in [3.8, 4) is 0 Å². The van der Waals surface area contributed by atoms with Gasteiger partial charge in [-0.15, -0.1) is 0 Å². The number of carbonyl (C=O) groups excluding carboxylic acids is 1. The predicted octanol–water partition coefficient (Wildman–Crippen LogP) is 1.13. The Hall–Kier alpha value is -0.780. The van der Waals surface area contributed by atoms with Gasteiger partial charge < -0.3 is 9.47 Å². The van der Waals surface area contributed by atoms with E-state index in [1.807, 2.05) is 0 Å². The van der Waals surface area contributed by atoms with E-state index >= 15 is 0 Å². The quantitative estimate of drug-likeness (QED) is 0.619. The van der Waals surface area contributed by atoms with E-state index < -0.39 is 24.9 Å². The molecule has 1 atom stereocenters. The molecule has 12 heavy (non-hydrogen) atoms. The summed E-state index contributed by atoms with van der Waals surface area (Å²) in [5.74, 6) is -0.828. The van der Waals surface area contributed by atoms with Crippen molar-refractivity contribution in [1.29, 1.82) is 0 Å². The molecule has 0 aliphatic carbocycles. The molecule has 0 heterocycles. The Morgan fingerprint density at radius 2 is 2.00 bits per heavy atom. The van der Waals surface area contributed by atoms with E-state index in [-0.39, 0.29) is 0 Å². The highest BCUT2D eigenvalue weighted by atomic mass is 19.4. The molecule has 0 spiro atoms. The van der Waals surface area contributed by atoms with Gasteiger partial charge in [-0.25, -0.2) is 4.79 Å². The maximum absolute atomic E-state index is 11.7. The third kappa shape index (κ3) is 4.17. The zero-order chi connectivity index (χ0) is 9.78. The van der Waals surface area contributed by atoms with Crippen LogP contribution in [-0.2, 0) is 14.3 Å². The first-order valence-corrected chi connectivity index (χ1v) is 3.13. The van der Waals surface area contributed by atoms with Crippen molar-refractivity contribution in [1.82, 2.24) is 0 Å². The van der Waals surface area contributed by atoms with E-state index in [1.54, 1.807) is 0 Å². The minimum absolute atomic E-state index is 0.683. The summed E-state index contributed by atoms with van der Waals surface area (Å²) in [7, 11) is 1.07. The maximum atomic E-state index is 11.7. The predicted molar refractivity (Wildman–Crippen MR) is 33.5 cm³/mol. The van der Waals surface area contributed by atoms with Gasteiger partial charge in [-0.1, -0.05) is 0 Å². The van der Waals surface area contributed by atoms with Crippen molar-refractivity contribution in [3.63, 3.8) is 0 Å². The minimum atomic E-state index is -4.44. The summed E-state index contributed by atoms with van der Waals surface area (Å²) in [6, 6.07) is 0. The Kier molecular flexibility index (Phi) is 4.02. The van der Waals surface area contributed by atoms with E-state index in [4.69, 9.17) is 0 Å². The van der Waals surface area contributed by atoms with Crippen LogP contribution in [-0.4, -0.2) is 32.0 Å². The van der Waals surface area contributed by atoms with Gasteiger partial charge in [0.25, 0.3) is 0 Å². The molecule has 0 aliphatic heterocycles. The van der Waals surface area contributed by atoms with Crippen molar-refractivity contribution in [3.05, 3.63) is 0 Å². The monoisotopic (exact) mass is 186 g/mol. The van der Waals surface area contributed by atoms with Crippen LogP contribution in [0.2, 0.25) is 0 Å². The molecule has 0 N–H and O–H groups in total. The van der Waals surface area contributed by atoms with Gasteiger partial charge in [-0.2, -0.15) is 13.2 Å². The molecular formula is C6H9F3O3. The van der Waals surface area contributed by atoms with Crippen molar-refractivity contribution >= 4 is 5.97 Å². The van der Waals surface area contributed by atoms with Gasteiger partial charge in [0.1, 0.15) is 6.61 Å². The summed E-state index contributed by atoms with van der Waals surface area (Å²) >= 11 is 0. The number of halogens is 3. The molecule has 0 aromatic rings. The van der Waals surface area contributed by atoms with Gasteiger partial charge in [0, 0.05) is 0 Å². The molecule has 72 valence electrons. The van der Waals surface area contributed by atoms with Crippen molar-refractivity contribution < 1.29 is 27.4 Å². The van der Waals surface area contributed by atoms with Crippen LogP contribution in [0.15, 0.2) is 0 Å². The van der Waals surface area contributed by atoms with Crippen LogP contribution in [0.1, 0.15) is 6.92 Å². The van der Waals surface area contributed by atoms with E-state index in [1.165, 1.54) is 0 Å². The second-order valence-electron chi connectivity index (χ2n) is 2.07. The fourth-order valence-electron chi connectivity index (χ4n) is 0.346. The highest BCUT2D eigenvalue weighted by molar-refractivity contribution is 5.70. The van der Waals surface area contributed by atoms with Crippen molar-refractivity contribution in [2.24, 2.45) is 0 Å². The molecule has 6 heteroatoms. The molecular weight excluding hydrogens is 177 g/mol. The number of carbonyl (C=O) groups is 1. The van der Waals surface area contributed by atoms with Gasteiger partial charge in [0.2, 0.25) is 0 Å². The molecule has 0 saturated carbocycles. The van der Waals surface area contributed by atoms with Crippen LogP contribution in [0.25, 0.3) is 0 Å². The summed E-state index contributed by atoms with van der Waals surface area (Å²) in [4.78, 5) is 10.3. The lowest BCUT2D eigenvalue weighted by molar-refractivity contribution is -0.216. The van der Waals surface area contributed by atoms with Crippen LogP contribution >= 0.6 is 0 Å². The zero-order valence-electron chi connectivity index (χ0n) is 6.64. The SMILES string of the molecule is COC(=O)COC(C)C(F)(F)F. The Bertz CT molecular complexity index is 155. The average molecular weight is 186 g/mol. The molecule has 0 radical (unpaired) electrons. The largest absolute Gasteiger partial charge is 0.467 e. The maximum Gasteiger partial charge on any atom is 0.414 e. The summed E-state index contributed by atoms with van der Waals surface area (Å²) in [5, 5.41) is 0. The first-order chi connectivity index (χ1) is 5.38. The van der Waals surface area contributed by atoms with Gasteiger partial charge in [0.15, 0.2) is 6.10 Å². The van der Waals surface area contributed by atoms with Gasteiger partial charge >= 0.3 is 12.1 Å². The number of esters is 1. The lowest BCUT2D eigenvalue weighted by Gasteiger charge is -2.14. The fraction of sp³-hybridized carbons (Fsp3) is 0.833. The number of hydrogen-bond donors (Lipinski definition) is 0. The molecule has 0 amide bonds. The molecule has 3 nitrogen and oxygen atoms in total. The minimum Gasteiger partial charge on any atom is -0.467 e. The Morgan fingerprint density at radius 3 is 2.33 bits per heavy atom. The Balaban J connectivity index is 3.72. The van der Waals surface area contributed by atoms with Crippen LogP contribution < -0.4 is 0 Å².